The number of carbonyl (C=O) groups excluding carboxylic acids is 3. The van der Waals surface area contributed by atoms with Crippen LogP contribution in [0.25, 0.3) is 0 Å². The number of nitrogens with one attached hydrogen (secondary N) is 1. The van der Waals surface area contributed by atoms with E-state index in [0.29, 0.717) is 0 Å². The number of rotatable bonds is 2. The maximum atomic E-state index is 12.0. The van der Waals surface area contributed by atoms with Gasteiger partial charge in [-0.25, -0.2) is 0 Å². The number of hydrogen-bond donors (Lipinski definition) is 1. The fourth-order valence-electron chi connectivity index (χ4n) is 3.18. The lowest BCUT2D eigenvalue weighted by atomic mass is 9.91. The fourth-order valence-corrected chi connectivity index (χ4v) is 3.30. The van der Waals surface area contributed by atoms with Crippen molar-refractivity contribution in [3.63, 3.8) is 0 Å². The van der Waals surface area contributed by atoms with Gasteiger partial charge in [-0.15, -0.1) is 0 Å². The highest BCUT2D eigenvalue weighted by molar-refractivity contribution is 6.30. The Morgan fingerprint density at radius 2 is 1.76 bits per heavy atom. The molecule has 2 aromatic rings. The Labute approximate surface area is 151 Å². The molecule has 1 aliphatic heterocycles. The van der Waals surface area contributed by atoms with Crippen molar-refractivity contribution in [1.82, 2.24) is 0 Å². The van der Waals surface area contributed by atoms with Crippen molar-refractivity contribution in [3.8, 4) is 0 Å². The van der Waals surface area contributed by atoms with Gasteiger partial charge in [-0.1, -0.05) is 29.8 Å². The number of carbonyl (C=O) groups is 1. The largest absolute Gasteiger partial charge is 0.378 e. The molecule has 2 unspecified atom stereocenters. The van der Waals surface area contributed by atoms with Crippen LogP contribution < -0.4 is 10.2 Å². The van der Waals surface area contributed by atoms with E-state index >= 15 is 0 Å². The summed E-state index contributed by atoms with van der Waals surface area (Å²) in [6, 6.07) is 16.2. The molecule has 3 rings (SSSR count). The first-order valence-electron chi connectivity index (χ1n) is 7.88. The standard InChI is InChI=1S/C18H19ClN2O.CO2/c1-12-11-17(20-15-9-7-14(19)8-10-15)16-5-3-4-6-18(16)21(12)13(2)22;2-1-3/h3-10,12,17,20H,11H2,1-2H3;. The number of benzene rings is 2. The Morgan fingerprint density at radius 1 is 1.16 bits per heavy atom. The topological polar surface area (TPSA) is 66.5 Å². The second-order valence-electron chi connectivity index (χ2n) is 5.82. The molecule has 0 radical (unpaired) electrons. The van der Waals surface area contributed by atoms with Gasteiger partial charge in [-0.2, -0.15) is 9.59 Å². The van der Waals surface area contributed by atoms with Crippen LogP contribution in [0.3, 0.4) is 0 Å². The molecule has 0 saturated heterocycles. The molecule has 5 nitrogen and oxygen atoms in total. The molecule has 0 bridgehead atoms. The van der Waals surface area contributed by atoms with Crippen LogP contribution in [0.2, 0.25) is 5.02 Å². The highest BCUT2D eigenvalue weighted by Crippen LogP contribution is 2.38. The first-order valence-corrected chi connectivity index (χ1v) is 8.25. The van der Waals surface area contributed by atoms with Crippen LogP contribution in [0.5, 0.6) is 0 Å². The van der Waals surface area contributed by atoms with Gasteiger partial charge in [-0.3, -0.25) is 4.79 Å². The SMILES string of the molecule is CC(=O)N1c2ccccc2C(Nc2ccc(Cl)cc2)CC1C.O=C=O. The van der Waals surface area contributed by atoms with Crippen LogP contribution in [0, 0.1) is 0 Å². The third kappa shape index (κ3) is 4.47. The lowest BCUT2D eigenvalue weighted by Gasteiger charge is -2.39. The van der Waals surface area contributed by atoms with Gasteiger partial charge < -0.3 is 10.2 Å². The van der Waals surface area contributed by atoms with Crippen LogP contribution in [-0.2, 0) is 14.4 Å². The molecule has 2 atom stereocenters. The van der Waals surface area contributed by atoms with Gasteiger partial charge in [0.05, 0.1) is 6.04 Å². The summed E-state index contributed by atoms with van der Waals surface area (Å²) >= 11 is 5.94. The van der Waals surface area contributed by atoms with Gasteiger partial charge in [0, 0.05) is 29.4 Å². The van der Waals surface area contributed by atoms with E-state index in [4.69, 9.17) is 21.2 Å². The van der Waals surface area contributed by atoms with Crippen molar-refractivity contribution >= 4 is 35.0 Å². The maximum Gasteiger partial charge on any atom is 0.373 e. The highest BCUT2D eigenvalue weighted by Gasteiger charge is 2.31. The second-order valence-corrected chi connectivity index (χ2v) is 6.26. The first-order chi connectivity index (χ1) is 12.0. The molecule has 25 heavy (non-hydrogen) atoms. The number of anilines is 2. The highest BCUT2D eigenvalue weighted by atomic mass is 35.5. The molecule has 1 heterocycles. The second kappa shape index (κ2) is 8.47. The third-order valence-electron chi connectivity index (χ3n) is 4.11. The summed E-state index contributed by atoms with van der Waals surface area (Å²) in [6.07, 6.45) is 1.12. The van der Waals surface area contributed by atoms with E-state index in [1.54, 1.807) is 6.92 Å². The van der Waals surface area contributed by atoms with Crippen molar-refractivity contribution in [3.05, 3.63) is 59.1 Å². The van der Waals surface area contributed by atoms with E-state index in [0.717, 1.165) is 28.4 Å². The molecule has 1 amide bonds. The number of halogens is 1. The zero-order valence-corrected chi connectivity index (χ0v) is 14.8. The molecule has 0 aromatic heterocycles. The van der Waals surface area contributed by atoms with Gasteiger partial charge in [0.15, 0.2) is 0 Å². The van der Waals surface area contributed by atoms with Crippen LogP contribution in [0.4, 0.5) is 11.4 Å². The number of nitrogens with zero attached hydrogens (tertiary/aromatic N) is 1. The Kier molecular flexibility index (Phi) is 6.34. The zero-order valence-electron chi connectivity index (χ0n) is 14.0. The van der Waals surface area contributed by atoms with E-state index < -0.39 is 0 Å². The summed E-state index contributed by atoms with van der Waals surface area (Å²) in [6.45, 7) is 3.72. The van der Waals surface area contributed by atoms with Gasteiger partial charge in [-0.05, 0) is 49.2 Å². The van der Waals surface area contributed by atoms with E-state index in [-0.39, 0.29) is 24.1 Å². The Bertz CT molecular complexity index is 770. The molecular formula is C19H19ClN2O3. The van der Waals surface area contributed by atoms with Gasteiger partial charge >= 0.3 is 6.15 Å². The van der Waals surface area contributed by atoms with Gasteiger partial charge in [0.2, 0.25) is 5.91 Å². The summed E-state index contributed by atoms with van der Waals surface area (Å²) in [4.78, 5) is 30.1. The molecule has 0 saturated carbocycles. The Morgan fingerprint density at radius 3 is 2.36 bits per heavy atom. The normalized spacial score (nSPS) is 18.3. The van der Waals surface area contributed by atoms with Crippen LogP contribution in [0.15, 0.2) is 48.5 Å². The first kappa shape index (κ1) is 18.7. The summed E-state index contributed by atoms with van der Waals surface area (Å²) < 4.78 is 0. The third-order valence-corrected chi connectivity index (χ3v) is 4.37. The summed E-state index contributed by atoms with van der Waals surface area (Å²) in [7, 11) is 0. The molecular weight excluding hydrogens is 340 g/mol. The van der Waals surface area contributed by atoms with E-state index in [2.05, 4.69) is 18.3 Å². The maximum absolute atomic E-state index is 12.0. The van der Waals surface area contributed by atoms with Crippen LogP contribution >= 0.6 is 11.6 Å². The molecule has 2 aromatic carbocycles. The minimum absolute atomic E-state index is 0.0879. The molecule has 6 heteroatoms. The molecule has 0 aliphatic carbocycles. The van der Waals surface area contributed by atoms with Crippen molar-refractivity contribution in [2.45, 2.75) is 32.4 Å². The van der Waals surface area contributed by atoms with Crippen LogP contribution in [-0.4, -0.2) is 18.1 Å². The number of fused-ring (bicyclic) bond motifs is 1. The molecule has 1 N–H and O–H groups in total. The van der Waals surface area contributed by atoms with E-state index in [9.17, 15) is 4.79 Å². The van der Waals surface area contributed by atoms with Gasteiger partial charge in [0.1, 0.15) is 0 Å². The quantitative estimate of drug-likeness (QED) is 0.879. The number of para-hydroxylation sites is 1. The lowest BCUT2D eigenvalue weighted by Crippen LogP contribution is -2.43. The summed E-state index contributed by atoms with van der Waals surface area (Å²) in [5, 5.41) is 4.29. The predicted octanol–water partition coefficient (Wildman–Crippen LogP) is 4.05. The van der Waals surface area contributed by atoms with Crippen molar-refractivity contribution in [2.24, 2.45) is 0 Å². The average Bonchev–Trinajstić information content (AvgIpc) is 2.57. The van der Waals surface area contributed by atoms with Crippen LogP contribution in [0.1, 0.15) is 31.9 Å². The minimum atomic E-state index is 0.0879. The smallest absolute Gasteiger partial charge is 0.373 e. The number of hydrogen-bond acceptors (Lipinski definition) is 4. The average molecular weight is 359 g/mol. The molecule has 0 spiro atoms. The monoisotopic (exact) mass is 358 g/mol. The Balaban J connectivity index is 0.000000701. The minimum Gasteiger partial charge on any atom is -0.378 e. The predicted molar refractivity (Wildman–Crippen MR) is 96.5 cm³/mol. The summed E-state index contributed by atoms with van der Waals surface area (Å²) in [5.74, 6) is 0.0879. The fraction of sp³-hybridized carbons (Fsp3) is 0.263. The zero-order chi connectivity index (χ0) is 18.4. The number of amides is 1. The van der Waals surface area contributed by atoms with Crippen molar-refractivity contribution in [2.75, 3.05) is 10.2 Å². The van der Waals surface area contributed by atoms with E-state index in [1.165, 1.54) is 0 Å². The van der Waals surface area contributed by atoms with Crippen molar-refractivity contribution < 1.29 is 14.4 Å². The molecule has 1 aliphatic rings. The molecule has 130 valence electrons. The summed E-state index contributed by atoms with van der Waals surface area (Å²) in [5.41, 5.74) is 3.19. The van der Waals surface area contributed by atoms with Gasteiger partial charge in [0.25, 0.3) is 0 Å². The lowest BCUT2D eigenvalue weighted by molar-refractivity contribution is -0.191. The van der Waals surface area contributed by atoms with Crippen molar-refractivity contribution in [1.29, 1.82) is 0 Å². The Hall–Kier alpha value is -2.62. The van der Waals surface area contributed by atoms with E-state index in [1.807, 2.05) is 47.4 Å². The molecule has 0 fully saturated rings.